The van der Waals surface area contributed by atoms with Crippen LogP contribution in [0.4, 0.5) is 18.9 Å². The molecule has 1 fully saturated rings. The standard InChI is InChI=1S/C27H33F3N4O5S/c1-3-38-25(35)18-40(36,37)34(13-5-7-19-6-4-8-20(16-19)26(31)32)21-9-10-24(23(17-21)27(28,29)30)39-22-11-14-33(2)15-12-22/h4-10,16-17,22H,3,11-15,18H2,1-2H3,(H3,31,32). The van der Waals surface area contributed by atoms with Crippen LogP contribution in [0.3, 0.4) is 0 Å². The van der Waals surface area contributed by atoms with E-state index in [-0.39, 0.29) is 30.4 Å². The molecule has 2 aromatic carbocycles. The van der Waals surface area contributed by atoms with Crippen LogP contribution in [-0.4, -0.2) is 70.3 Å². The maximum Gasteiger partial charge on any atom is 0.420 e. The van der Waals surface area contributed by atoms with E-state index >= 15 is 0 Å². The van der Waals surface area contributed by atoms with Crippen LogP contribution in [0.25, 0.3) is 6.08 Å². The minimum atomic E-state index is -4.82. The zero-order valence-electron chi connectivity index (χ0n) is 22.3. The SMILES string of the molecule is CCOC(=O)CS(=O)(=O)N(CC=Cc1cccc(C(=N)N)c1)c1ccc(OC2CCN(C)CC2)c(C(F)(F)F)c1. The molecule has 218 valence electrons. The first-order valence-corrected chi connectivity index (χ1v) is 14.2. The van der Waals surface area contributed by atoms with E-state index in [0.29, 0.717) is 37.1 Å². The monoisotopic (exact) mass is 582 g/mol. The van der Waals surface area contributed by atoms with Gasteiger partial charge in [0.25, 0.3) is 0 Å². The van der Waals surface area contributed by atoms with Gasteiger partial charge in [0.2, 0.25) is 10.0 Å². The summed E-state index contributed by atoms with van der Waals surface area (Å²) in [7, 11) is -2.52. The minimum absolute atomic E-state index is 0.0536. The van der Waals surface area contributed by atoms with Crippen LogP contribution in [0.5, 0.6) is 5.75 Å². The fourth-order valence-corrected chi connectivity index (χ4v) is 5.47. The summed E-state index contributed by atoms with van der Waals surface area (Å²) in [5.74, 6) is -2.62. The molecule has 0 atom stereocenters. The Kier molecular flexibility index (Phi) is 10.2. The maximum atomic E-state index is 14.1. The second-order valence-corrected chi connectivity index (χ2v) is 11.2. The summed E-state index contributed by atoms with van der Waals surface area (Å²) in [5, 5.41) is 7.57. The predicted molar refractivity (Wildman–Crippen MR) is 147 cm³/mol. The molecule has 0 spiro atoms. The highest BCUT2D eigenvalue weighted by molar-refractivity contribution is 7.93. The van der Waals surface area contributed by atoms with Crippen molar-refractivity contribution in [2.24, 2.45) is 5.73 Å². The number of likely N-dealkylation sites (tertiary alicyclic amines) is 1. The number of halogens is 3. The van der Waals surface area contributed by atoms with E-state index in [1.165, 1.54) is 19.1 Å². The molecule has 0 amide bonds. The Morgan fingerprint density at radius 1 is 1.20 bits per heavy atom. The summed E-state index contributed by atoms with van der Waals surface area (Å²) in [6, 6.07) is 9.64. The van der Waals surface area contributed by atoms with Gasteiger partial charge in [0, 0.05) is 18.7 Å². The van der Waals surface area contributed by atoms with Gasteiger partial charge in [-0.25, -0.2) is 8.42 Å². The number of nitrogens with zero attached hydrogens (tertiary/aromatic N) is 2. The summed E-state index contributed by atoms with van der Waals surface area (Å²) in [4.78, 5) is 14.1. The van der Waals surface area contributed by atoms with Crippen molar-refractivity contribution in [1.29, 1.82) is 5.41 Å². The molecule has 9 nitrogen and oxygen atoms in total. The van der Waals surface area contributed by atoms with Crippen molar-refractivity contribution in [2.45, 2.75) is 32.0 Å². The lowest BCUT2D eigenvalue weighted by Crippen LogP contribution is -2.37. The molecular formula is C27H33F3N4O5S. The van der Waals surface area contributed by atoms with Gasteiger partial charge in [0.1, 0.15) is 17.7 Å². The van der Waals surface area contributed by atoms with Gasteiger partial charge >= 0.3 is 12.1 Å². The minimum Gasteiger partial charge on any atom is -0.490 e. The average molecular weight is 583 g/mol. The zero-order chi connectivity index (χ0) is 29.5. The van der Waals surface area contributed by atoms with Gasteiger partial charge in [0.05, 0.1) is 24.4 Å². The number of rotatable bonds is 11. The third-order valence-corrected chi connectivity index (χ3v) is 7.87. The van der Waals surface area contributed by atoms with E-state index in [9.17, 15) is 26.4 Å². The van der Waals surface area contributed by atoms with E-state index in [2.05, 4.69) is 4.90 Å². The van der Waals surface area contributed by atoms with Crippen molar-refractivity contribution in [1.82, 2.24) is 4.90 Å². The van der Waals surface area contributed by atoms with Crippen LogP contribution in [0.2, 0.25) is 0 Å². The molecular weight excluding hydrogens is 549 g/mol. The van der Waals surface area contributed by atoms with Crippen LogP contribution in [0.15, 0.2) is 48.5 Å². The van der Waals surface area contributed by atoms with Crippen molar-refractivity contribution in [3.05, 3.63) is 65.2 Å². The van der Waals surface area contributed by atoms with Crippen molar-refractivity contribution >= 4 is 33.6 Å². The molecule has 3 N–H and O–H groups in total. The number of ether oxygens (including phenoxy) is 2. The van der Waals surface area contributed by atoms with Crippen LogP contribution in [0.1, 0.15) is 36.5 Å². The number of nitrogens with one attached hydrogen (secondary N) is 1. The lowest BCUT2D eigenvalue weighted by Gasteiger charge is -2.30. The number of benzene rings is 2. The topological polar surface area (TPSA) is 126 Å². The van der Waals surface area contributed by atoms with E-state index in [4.69, 9.17) is 20.6 Å². The number of anilines is 1. The summed E-state index contributed by atoms with van der Waals surface area (Å²) >= 11 is 0. The van der Waals surface area contributed by atoms with E-state index in [1.807, 2.05) is 7.05 Å². The number of piperidine rings is 1. The van der Waals surface area contributed by atoms with Gasteiger partial charge in [-0.1, -0.05) is 30.4 Å². The van der Waals surface area contributed by atoms with Gasteiger partial charge in [0.15, 0.2) is 5.75 Å². The molecule has 1 aliphatic rings. The number of hydrogen-bond donors (Lipinski definition) is 2. The zero-order valence-corrected chi connectivity index (χ0v) is 23.1. The number of sulfonamides is 1. The molecule has 0 aromatic heterocycles. The lowest BCUT2D eigenvalue weighted by molar-refractivity contribution is -0.140. The number of nitrogens with two attached hydrogens (primary N) is 1. The summed E-state index contributed by atoms with van der Waals surface area (Å²) in [5.41, 5.74) is 5.16. The molecule has 0 saturated carbocycles. The first-order chi connectivity index (χ1) is 18.8. The van der Waals surface area contributed by atoms with Crippen LogP contribution < -0.4 is 14.8 Å². The number of amidine groups is 1. The molecule has 13 heteroatoms. The van der Waals surface area contributed by atoms with Crippen molar-refractivity contribution < 1.29 is 35.9 Å². The predicted octanol–water partition coefficient (Wildman–Crippen LogP) is 3.88. The van der Waals surface area contributed by atoms with E-state index in [1.54, 1.807) is 30.3 Å². The quantitative estimate of drug-likeness (QED) is 0.234. The van der Waals surface area contributed by atoms with Crippen molar-refractivity contribution in [3.8, 4) is 5.75 Å². The smallest absolute Gasteiger partial charge is 0.420 e. The van der Waals surface area contributed by atoms with Gasteiger partial charge < -0.3 is 20.1 Å². The Balaban J connectivity index is 1.97. The third kappa shape index (κ3) is 8.46. The molecule has 1 aliphatic heterocycles. The van der Waals surface area contributed by atoms with E-state index in [0.717, 1.165) is 16.4 Å². The summed E-state index contributed by atoms with van der Waals surface area (Å²) in [6.45, 7) is 2.45. The van der Waals surface area contributed by atoms with Gasteiger partial charge in [-0.15, -0.1) is 0 Å². The normalized spacial score (nSPS) is 15.2. The highest BCUT2D eigenvalue weighted by atomic mass is 32.2. The molecule has 0 bridgehead atoms. The van der Waals surface area contributed by atoms with Gasteiger partial charge in [-0.3, -0.25) is 14.5 Å². The van der Waals surface area contributed by atoms with Crippen LogP contribution >= 0.6 is 0 Å². The Morgan fingerprint density at radius 2 is 1.90 bits per heavy atom. The Bertz CT molecular complexity index is 1340. The Labute approximate surface area is 231 Å². The Hall–Kier alpha value is -3.58. The lowest BCUT2D eigenvalue weighted by atomic mass is 10.1. The number of carbonyl (C=O) groups is 1. The fourth-order valence-electron chi connectivity index (χ4n) is 4.18. The Morgan fingerprint density at radius 3 is 2.52 bits per heavy atom. The van der Waals surface area contributed by atoms with Crippen LogP contribution in [-0.2, 0) is 25.7 Å². The van der Waals surface area contributed by atoms with Crippen LogP contribution in [0, 0.1) is 5.41 Å². The first kappa shape index (κ1) is 31.0. The summed E-state index contributed by atoms with van der Waals surface area (Å²) < 4.78 is 80.0. The highest BCUT2D eigenvalue weighted by Gasteiger charge is 2.37. The van der Waals surface area contributed by atoms with Crippen molar-refractivity contribution in [2.75, 3.05) is 43.3 Å². The first-order valence-electron chi connectivity index (χ1n) is 12.6. The maximum absolute atomic E-state index is 14.1. The molecule has 0 aliphatic carbocycles. The number of esters is 1. The second-order valence-electron chi connectivity index (χ2n) is 9.33. The molecule has 0 unspecified atom stereocenters. The fraction of sp³-hybridized carbons (Fsp3) is 0.407. The van der Waals surface area contributed by atoms with Gasteiger partial charge in [-0.05, 0) is 56.6 Å². The number of hydrogen-bond acceptors (Lipinski definition) is 7. The molecule has 1 saturated heterocycles. The summed E-state index contributed by atoms with van der Waals surface area (Å²) in [6.07, 6.45) is -1.13. The molecule has 1 heterocycles. The second kappa shape index (κ2) is 13.2. The number of carbonyl (C=O) groups excluding carboxylic acids is 1. The largest absolute Gasteiger partial charge is 0.490 e. The number of nitrogen functional groups attached to an aromatic ring is 1. The molecule has 3 rings (SSSR count). The van der Waals surface area contributed by atoms with Crippen molar-refractivity contribution in [3.63, 3.8) is 0 Å². The third-order valence-electron chi connectivity index (χ3n) is 6.24. The molecule has 2 aromatic rings. The average Bonchev–Trinajstić information content (AvgIpc) is 2.87. The van der Waals surface area contributed by atoms with E-state index < -0.39 is 39.6 Å². The number of alkyl halides is 3. The highest BCUT2D eigenvalue weighted by Crippen LogP contribution is 2.40. The molecule has 40 heavy (non-hydrogen) atoms. The molecule has 0 radical (unpaired) electrons. The van der Waals surface area contributed by atoms with Gasteiger partial charge in [-0.2, -0.15) is 13.2 Å².